The molecule has 0 aliphatic carbocycles. The first-order valence-corrected chi connectivity index (χ1v) is 9.55. The summed E-state index contributed by atoms with van der Waals surface area (Å²) < 4.78 is 1.99. The number of amides is 1. The number of carbonyl (C=O) groups is 1. The van der Waals surface area contributed by atoms with Gasteiger partial charge in [-0.1, -0.05) is 30.3 Å². The van der Waals surface area contributed by atoms with Gasteiger partial charge in [0, 0.05) is 17.6 Å². The Kier molecular flexibility index (Phi) is 3.77. The maximum Gasteiger partial charge on any atom is 0.283 e. The maximum absolute atomic E-state index is 12.5. The lowest BCUT2D eigenvalue weighted by Crippen LogP contribution is -2.35. The van der Waals surface area contributed by atoms with Crippen molar-refractivity contribution in [3.63, 3.8) is 0 Å². The number of aromatic nitrogens is 1. The van der Waals surface area contributed by atoms with Gasteiger partial charge >= 0.3 is 0 Å². The topological polar surface area (TPSA) is 73.8 Å². The molecule has 0 atom stereocenters. The Morgan fingerprint density at radius 3 is 2.75 bits per heavy atom. The third-order valence-electron chi connectivity index (χ3n) is 4.64. The van der Waals surface area contributed by atoms with E-state index in [0.717, 1.165) is 21.8 Å². The molecule has 3 heterocycles. The Hall–Kier alpha value is -3.45. The van der Waals surface area contributed by atoms with E-state index in [0.29, 0.717) is 5.17 Å². The number of hydrogen-bond acceptors (Lipinski definition) is 4. The van der Waals surface area contributed by atoms with Gasteiger partial charge in [0.25, 0.3) is 5.91 Å². The van der Waals surface area contributed by atoms with Gasteiger partial charge in [0.2, 0.25) is 5.17 Å². The lowest BCUT2D eigenvalue weighted by atomic mass is 10.1. The molecule has 1 N–H and O–H groups in total. The number of hydrogen-bond donors (Lipinski definition) is 1. The fourth-order valence-corrected chi connectivity index (χ4v) is 4.04. The van der Waals surface area contributed by atoms with E-state index in [1.807, 2.05) is 48.0 Å². The van der Waals surface area contributed by atoms with Crippen molar-refractivity contribution in [2.45, 2.75) is 6.92 Å². The van der Waals surface area contributed by atoms with E-state index in [9.17, 15) is 4.79 Å². The van der Waals surface area contributed by atoms with Crippen LogP contribution in [0.1, 0.15) is 12.6 Å². The van der Waals surface area contributed by atoms with Crippen LogP contribution in [0.2, 0.25) is 0 Å². The molecule has 7 heteroatoms. The van der Waals surface area contributed by atoms with Crippen LogP contribution < -0.4 is 0 Å². The average molecular weight is 385 g/mol. The first kappa shape index (κ1) is 16.7. The van der Waals surface area contributed by atoms with E-state index in [-0.39, 0.29) is 11.4 Å². The van der Waals surface area contributed by atoms with E-state index in [4.69, 9.17) is 5.41 Å². The minimum atomic E-state index is -0.417. The molecule has 5 rings (SSSR count). The highest BCUT2D eigenvalue weighted by Crippen LogP contribution is 2.28. The number of fused-ring (bicyclic) bond motifs is 2. The zero-order chi connectivity index (χ0) is 19.3. The maximum atomic E-state index is 12.5. The van der Waals surface area contributed by atoms with Gasteiger partial charge in [-0.05, 0) is 59.8 Å². The Morgan fingerprint density at radius 2 is 1.89 bits per heavy atom. The third kappa shape index (κ3) is 2.68. The summed E-state index contributed by atoms with van der Waals surface area (Å²) in [6.07, 6.45) is 3.64. The van der Waals surface area contributed by atoms with E-state index < -0.39 is 5.91 Å². The quantitative estimate of drug-likeness (QED) is 0.670. The van der Waals surface area contributed by atoms with Crippen LogP contribution in [-0.4, -0.2) is 31.5 Å². The molecule has 1 amide bonds. The van der Waals surface area contributed by atoms with Crippen molar-refractivity contribution < 1.29 is 4.79 Å². The lowest BCUT2D eigenvalue weighted by molar-refractivity contribution is -0.114. The molecule has 0 radical (unpaired) electrons. The fourth-order valence-electron chi connectivity index (χ4n) is 3.31. The second-order valence-corrected chi connectivity index (χ2v) is 7.63. The van der Waals surface area contributed by atoms with E-state index in [2.05, 4.69) is 34.4 Å². The second kappa shape index (κ2) is 6.31. The monoisotopic (exact) mass is 385 g/mol. The number of rotatable bonds is 2. The summed E-state index contributed by atoms with van der Waals surface area (Å²) >= 11 is 1.30. The fraction of sp³-hybridized carbons (Fsp3) is 0.0476. The Balaban J connectivity index is 1.57. The number of nitrogens with zero attached hydrogens (tertiary/aromatic N) is 4. The minimum Gasteiger partial charge on any atom is -0.317 e. The molecule has 0 saturated heterocycles. The van der Waals surface area contributed by atoms with Crippen molar-refractivity contribution in [1.29, 1.82) is 5.41 Å². The van der Waals surface area contributed by atoms with E-state index >= 15 is 0 Å². The molecule has 0 fully saturated rings. The summed E-state index contributed by atoms with van der Waals surface area (Å²) in [5.74, 6) is -0.370. The number of benzene rings is 2. The predicted octanol–water partition coefficient (Wildman–Crippen LogP) is 4.27. The van der Waals surface area contributed by atoms with Crippen LogP contribution in [0.25, 0.3) is 22.5 Å². The van der Waals surface area contributed by atoms with Crippen LogP contribution in [0.3, 0.4) is 0 Å². The normalized spacial score (nSPS) is 17.9. The van der Waals surface area contributed by atoms with Crippen molar-refractivity contribution in [1.82, 2.24) is 9.58 Å². The zero-order valence-electron chi connectivity index (χ0n) is 15.0. The highest BCUT2D eigenvalue weighted by atomic mass is 32.2. The summed E-state index contributed by atoms with van der Waals surface area (Å²) in [6, 6.07) is 18.2. The van der Waals surface area contributed by atoms with Gasteiger partial charge < -0.3 is 4.57 Å². The third-order valence-corrected chi connectivity index (χ3v) is 5.46. The molecule has 0 spiro atoms. The standard InChI is InChI=1S/C21H15N5OS/c1-13-24-26-19(22)18(20(27)23-21(26)28-13)12-16-7-4-10-25(16)17-9-8-14-5-2-3-6-15(14)11-17/h2-12,22H,1H3/b18-12-,22-19?. The van der Waals surface area contributed by atoms with Gasteiger partial charge in [-0.3, -0.25) is 10.2 Å². The molecule has 2 aromatic carbocycles. The molecule has 136 valence electrons. The summed E-state index contributed by atoms with van der Waals surface area (Å²) in [7, 11) is 0. The van der Waals surface area contributed by atoms with Crippen LogP contribution in [0.15, 0.2) is 76.5 Å². The number of nitrogens with one attached hydrogen (secondary N) is 1. The van der Waals surface area contributed by atoms with Gasteiger partial charge in [-0.15, -0.1) is 0 Å². The van der Waals surface area contributed by atoms with Gasteiger partial charge in [0.1, 0.15) is 0 Å². The van der Waals surface area contributed by atoms with Crippen molar-refractivity contribution in [2.75, 3.05) is 0 Å². The van der Waals surface area contributed by atoms with E-state index in [1.165, 1.54) is 22.2 Å². The molecular formula is C21H15N5OS. The Labute approximate surface area is 165 Å². The summed E-state index contributed by atoms with van der Waals surface area (Å²) in [6.45, 7) is 1.83. The molecular weight excluding hydrogens is 370 g/mol. The van der Waals surface area contributed by atoms with Crippen LogP contribution >= 0.6 is 11.8 Å². The largest absolute Gasteiger partial charge is 0.317 e. The lowest BCUT2D eigenvalue weighted by Gasteiger charge is -2.20. The predicted molar refractivity (Wildman–Crippen MR) is 114 cm³/mol. The number of carbonyl (C=O) groups excluding carboxylic acids is 1. The van der Waals surface area contributed by atoms with Gasteiger partial charge in [0.15, 0.2) is 5.84 Å². The second-order valence-electron chi connectivity index (χ2n) is 6.47. The number of aliphatic imine (C=N–C) groups is 1. The summed E-state index contributed by atoms with van der Waals surface area (Å²) in [5.41, 5.74) is 2.01. The first-order chi connectivity index (χ1) is 13.6. The molecule has 2 aliphatic rings. The van der Waals surface area contributed by atoms with Crippen LogP contribution in [0.4, 0.5) is 0 Å². The SMILES string of the molecule is CC1=NN2C(=N)/C(=C/c3cccn3-c3ccc4ccccc4c3)C(=O)N=C2S1. The molecule has 0 saturated carbocycles. The van der Waals surface area contributed by atoms with Gasteiger partial charge in [-0.2, -0.15) is 15.1 Å². The molecule has 2 aliphatic heterocycles. The molecule has 1 aromatic heterocycles. The van der Waals surface area contributed by atoms with Gasteiger partial charge in [0.05, 0.1) is 10.6 Å². The van der Waals surface area contributed by atoms with Crippen molar-refractivity contribution in [3.8, 4) is 5.69 Å². The molecule has 6 nitrogen and oxygen atoms in total. The van der Waals surface area contributed by atoms with Gasteiger partial charge in [-0.25, -0.2) is 0 Å². The van der Waals surface area contributed by atoms with Crippen LogP contribution in [-0.2, 0) is 4.79 Å². The highest BCUT2D eigenvalue weighted by molar-refractivity contribution is 8.26. The molecule has 28 heavy (non-hydrogen) atoms. The molecule has 0 bridgehead atoms. The number of hydrazone groups is 1. The van der Waals surface area contributed by atoms with E-state index in [1.54, 1.807) is 6.08 Å². The van der Waals surface area contributed by atoms with Crippen molar-refractivity contribution in [3.05, 3.63) is 72.1 Å². The van der Waals surface area contributed by atoms with Crippen molar-refractivity contribution in [2.24, 2.45) is 10.1 Å². The Morgan fingerprint density at radius 1 is 1.07 bits per heavy atom. The minimum absolute atomic E-state index is 0.0469. The molecule has 3 aromatic rings. The Bertz CT molecular complexity index is 1250. The zero-order valence-corrected chi connectivity index (χ0v) is 15.8. The summed E-state index contributed by atoms with van der Waals surface area (Å²) in [5, 5.41) is 17.6. The van der Waals surface area contributed by atoms with Crippen LogP contribution in [0, 0.1) is 5.41 Å². The van der Waals surface area contributed by atoms with Crippen molar-refractivity contribution >= 4 is 50.6 Å². The molecule has 0 unspecified atom stereocenters. The smallest absolute Gasteiger partial charge is 0.283 e. The highest BCUT2D eigenvalue weighted by Gasteiger charge is 2.34. The average Bonchev–Trinajstić information content (AvgIpc) is 3.31. The first-order valence-electron chi connectivity index (χ1n) is 8.73. The number of amidine groups is 2. The van der Waals surface area contributed by atoms with Crippen LogP contribution in [0.5, 0.6) is 0 Å². The number of thioether (sulfide) groups is 1. The summed E-state index contributed by atoms with van der Waals surface area (Å²) in [4.78, 5) is 16.6.